The number of aromatic amines is 1. The fourth-order valence-electron chi connectivity index (χ4n) is 2.54. The number of nitrogens with zero attached hydrogens (tertiary/aromatic N) is 3. The number of nitrogens with two attached hydrogens (primary N) is 1. The highest BCUT2D eigenvalue weighted by Crippen LogP contribution is 2.23. The Bertz CT molecular complexity index is 951. The van der Waals surface area contributed by atoms with Gasteiger partial charge in [0.1, 0.15) is 10.8 Å². The Labute approximate surface area is 140 Å². The van der Waals surface area contributed by atoms with Gasteiger partial charge < -0.3 is 15.3 Å². The molecule has 24 heavy (non-hydrogen) atoms. The summed E-state index contributed by atoms with van der Waals surface area (Å²) in [5.74, 6) is 0.243. The molecule has 0 saturated carbocycles. The highest BCUT2D eigenvalue weighted by atomic mass is 32.2. The van der Waals surface area contributed by atoms with Crippen LogP contribution in [0.1, 0.15) is 30.0 Å². The number of hydrogen-bond acceptors (Lipinski definition) is 5. The Morgan fingerprint density at radius 1 is 1.33 bits per heavy atom. The lowest BCUT2D eigenvalue weighted by Gasteiger charge is -2.10. The number of hydrogen-bond donors (Lipinski definition) is 3. The van der Waals surface area contributed by atoms with E-state index in [1.165, 1.54) is 4.57 Å². The predicted molar refractivity (Wildman–Crippen MR) is 91.9 cm³/mol. The summed E-state index contributed by atoms with van der Waals surface area (Å²) >= 11 is -2.12. The van der Waals surface area contributed by atoms with Gasteiger partial charge in [0.05, 0.1) is 6.54 Å². The van der Waals surface area contributed by atoms with Crippen LogP contribution in [0.4, 0.5) is 5.82 Å². The standard InChI is InChI=1S/C15H17N5O3S/c1-2-10(24(22)23)13-18-12(16)11-14(19-13)20(15(21)17-11)8-9-6-4-3-5-7-9/h3-7,10H,2,8H2,1H3,(H,17,21)(H,22,23)(H2,16,18,19). The van der Waals surface area contributed by atoms with Crippen LogP contribution in [0.5, 0.6) is 0 Å². The molecule has 0 amide bonds. The average Bonchev–Trinajstić information content (AvgIpc) is 2.86. The smallest absolute Gasteiger partial charge is 0.328 e. The van der Waals surface area contributed by atoms with E-state index >= 15 is 0 Å². The second-order valence-electron chi connectivity index (χ2n) is 5.34. The van der Waals surface area contributed by atoms with Crippen LogP contribution in [-0.4, -0.2) is 28.3 Å². The molecule has 0 bridgehead atoms. The number of fused-ring (bicyclic) bond motifs is 1. The number of aromatic nitrogens is 4. The van der Waals surface area contributed by atoms with Crippen molar-refractivity contribution in [3.63, 3.8) is 0 Å². The van der Waals surface area contributed by atoms with Gasteiger partial charge in [0, 0.05) is 0 Å². The highest BCUT2D eigenvalue weighted by molar-refractivity contribution is 7.79. The molecule has 2 aromatic heterocycles. The molecule has 9 heteroatoms. The number of rotatable bonds is 5. The fourth-order valence-corrected chi connectivity index (χ4v) is 3.11. The first-order chi connectivity index (χ1) is 11.5. The normalized spacial score (nSPS) is 13.9. The van der Waals surface area contributed by atoms with Crippen molar-refractivity contribution in [1.29, 1.82) is 0 Å². The highest BCUT2D eigenvalue weighted by Gasteiger charge is 2.22. The lowest BCUT2D eigenvalue weighted by atomic mass is 10.2. The van der Waals surface area contributed by atoms with Crippen LogP contribution in [0.25, 0.3) is 11.2 Å². The van der Waals surface area contributed by atoms with Crippen molar-refractivity contribution < 1.29 is 8.76 Å². The minimum Gasteiger partial charge on any atom is -0.382 e. The molecule has 0 saturated heterocycles. The van der Waals surface area contributed by atoms with Gasteiger partial charge in [-0.2, -0.15) is 0 Å². The summed E-state index contributed by atoms with van der Waals surface area (Å²) in [7, 11) is 0. The average molecular weight is 347 g/mol. The lowest BCUT2D eigenvalue weighted by Crippen LogP contribution is -2.18. The summed E-state index contributed by atoms with van der Waals surface area (Å²) in [5.41, 5.74) is 7.14. The second-order valence-corrected chi connectivity index (χ2v) is 6.46. The summed E-state index contributed by atoms with van der Waals surface area (Å²) in [6.45, 7) is 2.07. The third-order valence-electron chi connectivity index (χ3n) is 3.75. The van der Waals surface area contributed by atoms with E-state index in [-0.39, 0.29) is 17.3 Å². The van der Waals surface area contributed by atoms with E-state index in [0.717, 1.165) is 5.56 Å². The molecule has 0 spiro atoms. The Balaban J connectivity index is 2.16. The van der Waals surface area contributed by atoms with Gasteiger partial charge in [-0.05, 0) is 12.0 Å². The van der Waals surface area contributed by atoms with E-state index in [1.54, 1.807) is 6.92 Å². The molecule has 3 rings (SSSR count). The molecule has 0 aliphatic rings. The van der Waals surface area contributed by atoms with Crippen molar-refractivity contribution in [2.24, 2.45) is 0 Å². The molecule has 2 unspecified atom stereocenters. The Morgan fingerprint density at radius 2 is 2.04 bits per heavy atom. The monoisotopic (exact) mass is 347 g/mol. The van der Waals surface area contributed by atoms with Crippen molar-refractivity contribution in [1.82, 2.24) is 19.5 Å². The topological polar surface area (TPSA) is 127 Å². The van der Waals surface area contributed by atoms with Crippen LogP contribution in [-0.2, 0) is 17.6 Å². The van der Waals surface area contributed by atoms with E-state index in [4.69, 9.17) is 5.73 Å². The molecular weight excluding hydrogens is 330 g/mol. The van der Waals surface area contributed by atoms with E-state index < -0.39 is 16.3 Å². The molecular formula is C15H17N5O3S. The van der Waals surface area contributed by atoms with Crippen molar-refractivity contribution in [2.75, 3.05) is 5.73 Å². The van der Waals surface area contributed by atoms with E-state index in [1.807, 2.05) is 30.3 Å². The van der Waals surface area contributed by atoms with Crippen molar-refractivity contribution in [3.8, 4) is 0 Å². The molecule has 2 atom stereocenters. The van der Waals surface area contributed by atoms with Crippen LogP contribution in [0.3, 0.4) is 0 Å². The zero-order chi connectivity index (χ0) is 17.3. The number of H-pyrrole nitrogens is 1. The molecule has 3 aromatic rings. The molecule has 4 N–H and O–H groups in total. The fraction of sp³-hybridized carbons (Fsp3) is 0.267. The first-order valence-electron chi connectivity index (χ1n) is 7.40. The van der Waals surface area contributed by atoms with Crippen molar-refractivity contribution in [3.05, 3.63) is 52.2 Å². The first-order valence-corrected chi connectivity index (χ1v) is 8.57. The van der Waals surface area contributed by atoms with E-state index in [2.05, 4.69) is 15.0 Å². The van der Waals surface area contributed by atoms with Crippen LogP contribution < -0.4 is 11.4 Å². The van der Waals surface area contributed by atoms with Crippen molar-refractivity contribution in [2.45, 2.75) is 25.1 Å². The van der Waals surface area contributed by atoms with Gasteiger partial charge in [0.25, 0.3) is 0 Å². The summed E-state index contributed by atoms with van der Waals surface area (Å²) in [5, 5.41) is -0.758. The molecule has 8 nitrogen and oxygen atoms in total. The first kappa shape index (κ1) is 16.3. The van der Waals surface area contributed by atoms with Crippen LogP contribution in [0.15, 0.2) is 35.1 Å². The minimum absolute atomic E-state index is 0.0859. The number of imidazole rings is 1. The van der Waals surface area contributed by atoms with E-state index in [9.17, 15) is 13.6 Å². The number of nitrogens with one attached hydrogen (secondary N) is 1. The number of benzene rings is 1. The zero-order valence-corrected chi connectivity index (χ0v) is 13.8. The quantitative estimate of drug-likeness (QED) is 0.599. The summed E-state index contributed by atoms with van der Waals surface area (Å²) < 4.78 is 22.3. The van der Waals surface area contributed by atoms with Gasteiger partial charge >= 0.3 is 5.69 Å². The molecule has 126 valence electrons. The maximum absolute atomic E-state index is 12.3. The summed E-state index contributed by atoms with van der Waals surface area (Å²) in [6, 6.07) is 9.45. The van der Waals surface area contributed by atoms with Gasteiger partial charge in [-0.15, -0.1) is 0 Å². The zero-order valence-electron chi connectivity index (χ0n) is 13.0. The van der Waals surface area contributed by atoms with Gasteiger partial charge in [-0.3, -0.25) is 4.57 Å². The lowest BCUT2D eigenvalue weighted by molar-refractivity contribution is 0.543. The molecule has 0 radical (unpaired) electrons. The number of anilines is 1. The van der Waals surface area contributed by atoms with Gasteiger partial charge in [-0.25, -0.2) is 19.0 Å². The Kier molecular flexibility index (Phi) is 4.45. The molecule has 1 aromatic carbocycles. The molecule has 2 heterocycles. The van der Waals surface area contributed by atoms with Gasteiger partial charge in [-0.1, -0.05) is 37.3 Å². The SMILES string of the molecule is CCC(c1nc(N)c2[nH]c(=O)n(Cc3ccccc3)c2n1)S(=O)O. The predicted octanol–water partition coefficient (Wildman–Crippen LogP) is 1.42. The van der Waals surface area contributed by atoms with Gasteiger partial charge in [0.15, 0.2) is 28.4 Å². The van der Waals surface area contributed by atoms with Crippen molar-refractivity contribution >= 4 is 28.1 Å². The Hall–Kier alpha value is -2.52. The summed E-state index contributed by atoms with van der Waals surface area (Å²) in [6.07, 6.45) is 0.376. The third kappa shape index (κ3) is 2.95. The minimum atomic E-state index is -2.12. The van der Waals surface area contributed by atoms with E-state index in [0.29, 0.717) is 24.1 Å². The summed E-state index contributed by atoms with van der Waals surface area (Å²) in [4.78, 5) is 23.3. The number of nitrogen functional groups attached to an aromatic ring is 1. The molecule has 0 aliphatic carbocycles. The van der Waals surface area contributed by atoms with Crippen LogP contribution in [0.2, 0.25) is 0 Å². The van der Waals surface area contributed by atoms with Gasteiger partial charge in [0.2, 0.25) is 0 Å². The largest absolute Gasteiger partial charge is 0.382 e. The van der Waals surface area contributed by atoms with Crippen LogP contribution in [0, 0.1) is 0 Å². The maximum Gasteiger partial charge on any atom is 0.328 e. The second kappa shape index (κ2) is 6.54. The third-order valence-corrected chi connectivity index (χ3v) is 4.78. The Morgan fingerprint density at radius 3 is 2.67 bits per heavy atom. The molecule has 0 aliphatic heterocycles. The van der Waals surface area contributed by atoms with Crippen LogP contribution >= 0.6 is 0 Å². The maximum atomic E-state index is 12.3. The molecule has 0 fully saturated rings.